The van der Waals surface area contributed by atoms with E-state index in [-0.39, 0.29) is 11.7 Å². The fourth-order valence-corrected chi connectivity index (χ4v) is 3.24. The Balaban J connectivity index is 1.96. The van der Waals surface area contributed by atoms with Crippen LogP contribution in [0.3, 0.4) is 0 Å². The van der Waals surface area contributed by atoms with Crippen molar-refractivity contribution >= 4 is 27.3 Å². The van der Waals surface area contributed by atoms with Gasteiger partial charge in [0.1, 0.15) is 5.75 Å². The van der Waals surface area contributed by atoms with Crippen molar-refractivity contribution in [3.05, 3.63) is 54.1 Å². The average Bonchev–Trinajstić information content (AvgIpc) is 2.54. The van der Waals surface area contributed by atoms with Gasteiger partial charge >= 0.3 is 0 Å². The predicted octanol–water partition coefficient (Wildman–Crippen LogP) is 2.64. The molecule has 7 heteroatoms. The van der Waals surface area contributed by atoms with Gasteiger partial charge in [0.2, 0.25) is 15.9 Å². The number of hydrogen-bond donors (Lipinski definition) is 2. The maximum Gasteiger partial charge on any atom is 0.233 e. The number of hydrogen-bond acceptors (Lipinski definition) is 4. The second-order valence-corrected chi connectivity index (χ2v) is 7.12. The number of rotatable bonds is 7. The van der Waals surface area contributed by atoms with Crippen molar-refractivity contribution in [2.45, 2.75) is 13.3 Å². The number of carbonyl (C=O) groups is 1. The van der Waals surface area contributed by atoms with Gasteiger partial charge in [-0.2, -0.15) is 0 Å². The molecule has 1 amide bonds. The van der Waals surface area contributed by atoms with Gasteiger partial charge in [-0.1, -0.05) is 12.1 Å². The summed E-state index contributed by atoms with van der Waals surface area (Å²) in [6, 6.07) is 13.8. The van der Waals surface area contributed by atoms with Crippen LogP contribution >= 0.6 is 0 Å². The Kier molecular flexibility index (Phi) is 5.81. The highest BCUT2D eigenvalue weighted by molar-refractivity contribution is 7.92. The molecule has 0 aliphatic rings. The van der Waals surface area contributed by atoms with Crippen molar-refractivity contribution < 1.29 is 17.9 Å². The topological polar surface area (TPSA) is 84.5 Å². The van der Waals surface area contributed by atoms with Crippen LogP contribution in [0.25, 0.3) is 0 Å². The minimum absolute atomic E-state index is 0.0341. The molecule has 0 saturated carbocycles. The van der Waals surface area contributed by atoms with Crippen LogP contribution in [0.4, 0.5) is 11.4 Å². The molecule has 0 aromatic heterocycles. The number of ether oxygens (including phenoxy) is 1. The van der Waals surface area contributed by atoms with Gasteiger partial charge in [0.05, 0.1) is 12.9 Å². The summed E-state index contributed by atoms with van der Waals surface area (Å²) < 4.78 is 32.0. The molecular weight excluding hydrogens is 328 g/mol. The molecule has 0 atom stereocenters. The lowest BCUT2D eigenvalue weighted by atomic mass is 10.2. The third-order valence-electron chi connectivity index (χ3n) is 3.27. The van der Waals surface area contributed by atoms with Crippen molar-refractivity contribution in [1.82, 2.24) is 0 Å². The smallest absolute Gasteiger partial charge is 0.233 e. The fraction of sp³-hybridized carbons (Fsp3) is 0.235. The quantitative estimate of drug-likeness (QED) is 0.805. The van der Waals surface area contributed by atoms with Gasteiger partial charge in [-0.15, -0.1) is 0 Å². The van der Waals surface area contributed by atoms with Gasteiger partial charge in [-0.25, -0.2) is 8.42 Å². The Morgan fingerprint density at radius 2 is 1.75 bits per heavy atom. The number of anilines is 2. The van der Waals surface area contributed by atoms with Gasteiger partial charge in [0, 0.05) is 18.3 Å². The van der Waals surface area contributed by atoms with E-state index >= 15 is 0 Å². The molecule has 6 nitrogen and oxygen atoms in total. The maximum absolute atomic E-state index is 12.2. The van der Waals surface area contributed by atoms with Crippen LogP contribution in [0.5, 0.6) is 5.75 Å². The summed E-state index contributed by atoms with van der Waals surface area (Å²) in [5.41, 5.74) is 1.96. The van der Waals surface area contributed by atoms with Crippen LogP contribution in [-0.2, 0) is 21.2 Å². The van der Waals surface area contributed by atoms with E-state index in [4.69, 9.17) is 4.74 Å². The Bertz CT molecular complexity index is 802. The predicted molar refractivity (Wildman–Crippen MR) is 94.9 cm³/mol. The van der Waals surface area contributed by atoms with Gasteiger partial charge in [-0.05, 0) is 48.4 Å². The molecule has 0 bridgehead atoms. The van der Waals surface area contributed by atoms with Gasteiger partial charge in [-0.3, -0.25) is 9.52 Å². The van der Waals surface area contributed by atoms with Crippen molar-refractivity contribution in [3.63, 3.8) is 0 Å². The second kappa shape index (κ2) is 7.83. The van der Waals surface area contributed by atoms with E-state index < -0.39 is 10.0 Å². The zero-order valence-corrected chi connectivity index (χ0v) is 14.4. The highest BCUT2D eigenvalue weighted by atomic mass is 32.2. The summed E-state index contributed by atoms with van der Waals surface area (Å²) in [6.07, 6.45) is 0.385. The van der Waals surface area contributed by atoms with E-state index in [0.717, 1.165) is 5.56 Å². The lowest BCUT2D eigenvalue weighted by molar-refractivity contribution is -0.114. The molecule has 2 aromatic carbocycles. The summed E-state index contributed by atoms with van der Waals surface area (Å²) in [7, 11) is -1.89. The number of nitrogens with one attached hydrogen (secondary N) is 2. The summed E-state index contributed by atoms with van der Waals surface area (Å²) in [6.45, 7) is 1.41. The zero-order valence-electron chi connectivity index (χ0n) is 13.6. The van der Waals surface area contributed by atoms with Crippen LogP contribution in [0, 0.1) is 0 Å². The summed E-state index contributed by atoms with van der Waals surface area (Å²) in [5.74, 6) is 0.487. The van der Waals surface area contributed by atoms with Crippen LogP contribution in [-0.4, -0.2) is 27.2 Å². The molecule has 2 rings (SSSR count). The Hall–Kier alpha value is -2.54. The van der Waals surface area contributed by atoms with E-state index in [2.05, 4.69) is 10.0 Å². The number of carbonyl (C=O) groups excluding carboxylic acids is 1. The molecule has 0 aliphatic carbocycles. The number of aryl methyl sites for hydroxylation is 1. The van der Waals surface area contributed by atoms with Crippen LogP contribution in [0.1, 0.15) is 12.5 Å². The Morgan fingerprint density at radius 1 is 1.08 bits per heavy atom. The molecule has 0 aliphatic heterocycles. The average molecular weight is 348 g/mol. The van der Waals surface area contributed by atoms with E-state index in [1.807, 2.05) is 24.3 Å². The largest absolute Gasteiger partial charge is 0.497 e. The number of sulfonamides is 1. The normalized spacial score (nSPS) is 10.9. The van der Waals surface area contributed by atoms with E-state index in [0.29, 0.717) is 23.5 Å². The zero-order chi connectivity index (χ0) is 17.6. The number of methoxy groups -OCH3 is 1. The molecule has 24 heavy (non-hydrogen) atoms. The third-order valence-corrected chi connectivity index (χ3v) is 4.56. The van der Waals surface area contributed by atoms with Crippen LogP contribution in [0.2, 0.25) is 0 Å². The SMILES string of the molecule is COc1cccc(CCS(=O)(=O)Nc2ccc(NC(C)=O)cc2)c1. The van der Waals surface area contributed by atoms with Crippen LogP contribution < -0.4 is 14.8 Å². The van der Waals surface area contributed by atoms with E-state index in [1.165, 1.54) is 6.92 Å². The highest BCUT2D eigenvalue weighted by Gasteiger charge is 2.11. The molecule has 128 valence electrons. The van der Waals surface area contributed by atoms with Gasteiger partial charge in [0.25, 0.3) is 0 Å². The first-order chi connectivity index (χ1) is 11.4. The van der Waals surface area contributed by atoms with Crippen molar-refractivity contribution in [3.8, 4) is 5.75 Å². The van der Waals surface area contributed by atoms with E-state index in [1.54, 1.807) is 31.4 Å². The minimum atomic E-state index is -3.47. The first-order valence-electron chi connectivity index (χ1n) is 7.39. The highest BCUT2D eigenvalue weighted by Crippen LogP contribution is 2.16. The standard InChI is InChI=1S/C17H20N2O4S/c1-13(20)18-15-6-8-16(9-7-15)19-24(21,22)11-10-14-4-3-5-17(12-14)23-2/h3-9,12,19H,10-11H2,1-2H3,(H,18,20). The monoisotopic (exact) mass is 348 g/mol. The second-order valence-electron chi connectivity index (χ2n) is 5.28. The molecule has 0 saturated heterocycles. The lowest BCUT2D eigenvalue weighted by Crippen LogP contribution is -2.18. The first-order valence-corrected chi connectivity index (χ1v) is 9.04. The summed E-state index contributed by atoms with van der Waals surface area (Å²) in [4.78, 5) is 11.0. The molecule has 2 N–H and O–H groups in total. The molecule has 0 spiro atoms. The van der Waals surface area contributed by atoms with E-state index in [9.17, 15) is 13.2 Å². The first kappa shape index (κ1) is 17.8. The summed E-state index contributed by atoms with van der Waals surface area (Å²) >= 11 is 0. The van der Waals surface area contributed by atoms with Crippen molar-refractivity contribution in [1.29, 1.82) is 0 Å². The molecule has 0 heterocycles. The van der Waals surface area contributed by atoms with Crippen LogP contribution in [0.15, 0.2) is 48.5 Å². The van der Waals surface area contributed by atoms with Gasteiger partial charge < -0.3 is 10.1 Å². The molecule has 2 aromatic rings. The molecule has 0 unspecified atom stereocenters. The molecular formula is C17H20N2O4S. The Labute approximate surface area is 141 Å². The van der Waals surface area contributed by atoms with Crippen molar-refractivity contribution in [2.24, 2.45) is 0 Å². The van der Waals surface area contributed by atoms with Gasteiger partial charge in [0.15, 0.2) is 0 Å². The number of amides is 1. The maximum atomic E-state index is 12.2. The minimum Gasteiger partial charge on any atom is -0.497 e. The van der Waals surface area contributed by atoms with Crippen molar-refractivity contribution in [2.75, 3.05) is 22.9 Å². The Morgan fingerprint density at radius 3 is 2.38 bits per heavy atom. The molecule has 0 radical (unpaired) electrons. The third kappa shape index (κ3) is 5.58. The number of benzene rings is 2. The fourth-order valence-electron chi connectivity index (χ4n) is 2.14. The summed E-state index contributed by atoms with van der Waals surface area (Å²) in [5, 5.41) is 2.62. The lowest BCUT2D eigenvalue weighted by Gasteiger charge is -2.09. The molecule has 0 fully saturated rings.